The third-order valence-corrected chi connectivity index (χ3v) is 12.8. The average molecular weight is 862 g/mol. The number of nitrogens with one attached hydrogen (secondary N) is 1. The lowest BCUT2D eigenvalue weighted by Gasteiger charge is -2.22. The number of carbonyl (C=O) groups excluding carboxylic acids is 2. The number of allylic oxidation sites excluding steroid dienone is 2. The van der Waals surface area contributed by atoms with Crippen LogP contribution < -0.4 is 5.32 Å². The fraction of sp³-hybridized carbons (Fsp3) is 0.927. The van der Waals surface area contributed by atoms with E-state index >= 15 is 0 Å². The monoisotopic (exact) mass is 862 g/mol. The molecule has 6 nitrogen and oxygen atoms in total. The first-order valence-electron chi connectivity index (χ1n) is 27.4. The van der Waals surface area contributed by atoms with Crippen molar-refractivity contribution in [2.45, 2.75) is 315 Å². The Kier molecular flexibility index (Phi) is 50.1. The Hall–Kier alpha value is -1.40. The molecule has 0 radical (unpaired) electrons. The molecule has 0 saturated carbocycles. The molecule has 0 aromatic carbocycles. The molecule has 0 aliphatic heterocycles. The van der Waals surface area contributed by atoms with Gasteiger partial charge in [0.2, 0.25) is 5.91 Å². The van der Waals surface area contributed by atoms with Crippen molar-refractivity contribution in [3.05, 3.63) is 12.2 Å². The summed E-state index contributed by atoms with van der Waals surface area (Å²) in [6.07, 6.45) is 59.1. The molecule has 1 amide bonds. The molecular weight excluding hydrogens is 755 g/mol. The van der Waals surface area contributed by atoms with Gasteiger partial charge in [-0.05, 0) is 51.4 Å². The molecular formula is C55H107NO5. The summed E-state index contributed by atoms with van der Waals surface area (Å²) in [5.41, 5.74) is 0. The summed E-state index contributed by atoms with van der Waals surface area (Å²) < 4.78 is 5.48. The second-order valence-corrected chi connectivity index (χ2v) is 18.9. The molecule has 61 heavy (non-hydrogen) atoms. The highest BCUT2D eigenvalue weighted by Gasteiger charge is 2.20. The largest absolute Gasteiger partial charge is 0.466 e. The number of hydrogen-bond donors (Lipinski definition) is 3. The first-order chi connectivity index (χ1) is 30.0. The summed E-state index contributed by atoms with van der Waals surface area (Å²) in [6, 6.07) is -0.548. The SMILES string of the molecule is CCCCCCCCCCCCCCCCCCCC(=O)OCCCCCCCC/C=C\CCCCCCCCCC(=O)NC(CO)C(O)CCCCCCCCCCCC. The van der Waals surface area contributed by atoms with Crippen LogP contribution in [0.2, 0.25) is 0 Å². The average Bonchev–Trinajstić information content (AvgIpc) is 3.26. The highest BCUT2D eigenvalue weighted by atomic mass is 16.5. The molecule has 0 aliphatic rings. The zero-order valence-corrected chi connectivity index (χ0v) is 41.2. The first kappa shape index (κ1) is 59.6. The van der Waals surface area contributed by atoms with Gasteiger partial charge in [-0.3, -0.25) is 9.59 Å². The number of aliphatic hydroxyl groups excluding tert-OH is 2. The number of unbranched alkanes of at least 4 members (excludes halogenated alkanes) is 38. The summed E-state index contributed by atoms with van der Waals surface area (Å²) in [7, 11) is 0. The maximum absolute atomic E-state index is 12.4. The fourth-order valence-electron chi connectivity index (χ4n) is 8.58. The van der Waals surface area contributed by atoms with E-state index in [2.05, 4.69) is 31.3 Å². The van der Waals surface area contributed by atoms with Crippen molar-refractivity contribution in [2.75, 3.05) is 13.2 Å². The summed E-state index contributed by atoms with van der Waals surface area (Å²) in [6.45, 7) is 4.93. The van der Waals surface area contributed by atoms with Crippen molar-refractivity contribution in [2.24, 2.45) is 0 Å². The molecule has 3 N–H and O–H groups in total. The van der Waals surface area contributed by atoms with Crippen LogP contribution in [0.25, 0.3) is 0 Å². The zero-order valence-electron chi connectivity index (χ0n) is 41.2. The number of hydrogen-bond acceptors (Lipinski definition) is 5. The minimum absolute atomic E-state index is 0.00220. The van der Waals surface area contributed by atoms with Crippen molar-refractivity contribution in [1.29, 1.82) is 0 Å². The van der Waals surface area contributed by atoms with Gasteiger partial charge >= 0.3 is 5.97 Å². The van der Waals surface area contributed by atoms with E-state index in [1.807, 2.05) is 0 Å². The Morgan fingerprint density at radius 3 is 1.16 bits per heavy atom. The quantitative estimate of drug-likeness (QED) is 0.0322. The van der Waals surface area contributed by atoms with Gasteiger partial charge in [0, 0.05) is 12.8 Å². The first-order valence-corrected chi connectivity index (χ1v) is 27.4. The lowest BCUT2D eigenvalue weighted by Crippen LogP contribution is -2.45. The predicted molar refractivity (Wildman–Crippen MR) is 264 cm³/mol. The molecule has 0 rings (SSSR count). The van der Waals surface area contributed by atoms with Gasteiger partial charge in [-0.15, -0.1) is 0 Å². The minimum Gasteiger partial charge on any atom is -0.466 e. The Balaban J connectivity index is 3.41. The highest BCUT2D eigenvalue weighted by Crippen LogP contribution is 2.17. The molecule has 362 valence electrons. The molecule has 6 heteroatoms. The molecule has 0 fully saturated rings. The van der Waals surface area contributed by atoms with Gasteiger partial charge in [0.1, 0.15) is 0 Å². The Labute approximate surface area is 380 Å². The normalized spacial score (nSPS) is 12.7. The van der Waals surface area contributed by atoms with Crippen LogP contribution in [-0.4, -0.2) is 47.4 Å². The number of rotatable bonds is 51. The van der Waals surface area contributed by atoms with E-state index in [4.69, 9.17) is 4.74 Å². The van der Waals surface area contributed by atoms with E-state index in [0.717, 1.165) is 51.4 Å². The summed E-state index contributed by atoms with van der Waals surface area (Å²) in [4.78, 5) is 24.5. The van der Waals surface area contributed by atoms with Crippen LogP contribution in [0.1, 0.15) is 303 Å². The topological polar surface area (TPSA) is 95.9 Å². The number of esters is 1. The van der Waals surface area contributed by atoms with Crippen molar-refractivity contribution in [1.82, 2.24) is 5.32 Å². The molecule has 0 heterocycles. The molecule has 0 bridgehead atoms. The zero-order chi connectivity index (χ0) is 44.4. The third kappa shape index (κ3) is 47.9. The van der Waals surface area contributed by atoms with Gasteiger partial charge < -0.3 is 20.3 Å². The van der Waals surface area contributed by atoms with Gasteiger partial charge in [-0.1, -0.05) is 251 Å². The Bertz CT molecular complexity index is 909. The molecule has 0 spiro atoms. The molecule has 0 saturated heterocycles. The number of aliphatic hydroxyl groups is 2. The number of carbonyl (C=O) groups is 2. The fourth-order valence-corrected chi connectivity index (χ4v) is 8.58. The van der Waals surface area contributed by atoms with Crippen LogP contribution >= 0.6 is 0 Å². The van der Waals surface area contributed by atoms with Crippen LogP contribution in [0.15, 0.2) is 12.2 Å². The van der Waals surface area contributed by atoms with Crippen molar-refractivity contribution in [3.8, 4) is 0 Å². The maximum Gasteiger partial charge on any atom is 0.305 e. The van der Waals surface area contributed by atoms with Crippen molar-refractivity contribution in [3.63, 3.8) is 0 Å². The smallest absolute Gasteiger partial charge is 0.305 e. The maximum atomic E-state index is 12.4. The van der Waals surface area contributed by atoms with Crippen LogP contribution in [0.4, 0.5) is 0 Å². The number of amides is 1. The van der Waals surface area contributed by atoms with E-state index in [0.29, 0.717) is 25.9 Å². The molecule has 0 aromatic heterocycles. The van der Waals surface area contributed by atoms with E-state index in [1.165, 1.54) is 218 Å². The third-order valence-electron chi connectivity index (χ3n) is 12.8. The van der Waals surface area contributed by atoms with Crippen LogP contribution in [0.3, 0.4) is 0 Å². The second-order valence-electron chi connectivity index (χ2n) is 18.9. The van der Waals surface area contributed by atoms with Crippen LogP contribution in [0.5, 0.6) is 0 Å². The van der Waals surface area contributed by atoms with Gasteiger partial charge in [0.05, 0.1) is 25.4 Å². The summed E-state index contributed by atoms with van der Waals surface area (Å²) >= 11 is 0. The van der Waals surface area contributed by atoms with Gasteiger partial charge in [0.25, 0.3) is 0 Å². The van der Waals surface area contributed by atoms with E-state index < -0.39 is 12.1 Å². The van der Waals surface area contributed by atoms with Gasteiger partial charge in [-0.2, -0.15) is 0 Å². The van der Waals surface area contributed by atoms with E-state index in [9.17, 15) is 19.8 Å². The Morgan fingerprint density at radius 2 is 0.770 bits per heavy atom. The molecule has 0 aromatic rings. The molecule has 2 unspecified atom stereocenters. The lowest BCUT2D eigenvalue weighted by molar-refractivity contribution is -0.143. The van der Waals surface area contributed by atoms with Crippen molar-refractivity contribution >= 4 is 11.9 Å². The highest BCUT2D eigenvalue weighted by molar-refractivity contribution is 5.76. The van der Waals surface area contributed by atoms with Gasteiger partial charge in [-0.25, -0.2) is 0 Å². The van der Waals surface area contributed by atoms with Crippen LogP contribution in [0, 0.1) is 0 Å². The molecule has 0 aliphatic carbocycles. The standard InChI is InChI=1S/C55H107NO5/c1-3-5-7-9-11-13-15-16-17-19-23-26-29-33-37-41-45-49-55(60)61-50-46-42-38-34-30-27-24-21-18-20-22-25-28-32-36-40-44-48-54(59)56-52(51-57)53(58)47-43-39-35-31-14-12-10-8-6-4-2/h18,21,52-53,57-58H,3-17,19-20,22-51H2,1-2H3,(H,56,59)/b21-18-. The van der Waals surface area contributed by atoms with Gasteiger partial charge in [0.15, 0.2) is 0 Å². The number of ether oxygens (including phenoxy) is 1. The van der Waals surface area contributed by atoms with Crippen LogP contribution in [-0.2, 0) is 14.3 Å². The van der Waals surface area contributed by atoms with E-state index in [1.54, 1.807) is 0 Å². The second kappa shape index (κ2) is 51.2. The predicted octanol–water partition coefficient (Wildman–Crippen LogP) is 16.5. The van der Waals surface area contributed by atoms with E-state index in [-0.39, 0.29) is 18.5 Å². The lowest BCUT2D eigenvalue weighted by atomic mass is 10.0. The van der Waals surface area contributed by atoms with Crippen molar-refractivity contribution < 1.29 is 24.5 Å². The Morgan fingerprint density at radius 1 is 0.443 bits per heavy atom. The summed E-state index contributed by atoms with van der Waals surface area (Å²) in [5.74, 6) is -0.0457. The minimum atomic E-state index is -0.669. The summed E-state index contributed by atoms with van der Waals surface area (Å²) in [5, 5.41) is 23.1. The molecule has 2 atom stereocenters.